The lowest BCUT2D eigenvalue weighted by molar-refractivity contribution is 0.0244. The lowest BCUT2D eigenvalue weighted by Crippen LogP contribution is -2.27. The summed E-state index contributed by atoms with van der Waals surface area (Å²) in [4.78, 5) is 8.48. The fourth-order valence-corrected chi connectivity index (χ4v) is 3.58. The van der Waals surface area contributed by atoms with Gasteiger partial charge < -0.3 is 24.6 Å². The Morgan fingerprint density at radius 3 is 2.81 bits per heavy atom. The predicted molar refractivity (Wildman–Crippen MR) is 97.8 cm³/mol. The van der Waals surface area contributed by atoms with Gasteiger partial charge in [0.1, 0.15) is 24.3 Å². The summed E-state index contributed by atoms with van der Waals surface area (Å²) in [5.41, 5.74) is 2.11. The Morgan fingerprint density at radius 1 is 1.30 bits per heavy atom. The van der Waals surface area contributed by atoms with Crippen molar-refractivity contribution in [3.8, 4) is 0 Å². The Kier molecular flexibility index (Phi) is 6.41. The number of hydrogen-bond donors (Lipinski definition) is 3. The van der Waals surface area contributed by atoms with E-state index in [1.165, 1.54) is 6.33 Å². The molecule has 0 saturated carbocycles. The third kappa shape index (κ3) is 4.28. The first-order chi connectivity index (χ1) is 13.1. The maximum atomic E-state index is 13.5. The quantitative estimate of drug-likeness (QED) is 0.647. The number of aryl methyl sites for hydroxylation is 1. The molecule has 148 valence electrons. The molecule has 2 heterocycles. The Balaban J connectivity index is 1.78. The summed E-state index contributed by atoms with van der Waals surface area (Å²) in [5, 5.41) is 30.0. The van der Waals surface area contributed by atoms with Gasteiger partial charge in [-0.15, -0.1) is 0 Å². The molecule has 0 bridgehead atoms. The number of rotatable bonds is 8. The Hall–Kier alpha value is -2.03. The number of fused-ring (bicyclic) bond motifs is 1. The SMILES string of the molecule is Cc1ncnc2c1ccn2C(CO)CC(CO)OC1=C(CO)CC(F)CC1. The van der Waals surface area contributed by atoms with Gasteiger partial charge in [0.05, 0.1) is 37.3 Å². The van der Waals surface area contributed by atoms with Gasteiger partial charge in [-0.3, -0.25) is 0 Å². The smallest absolute Gasteiger partial charge is 0.143 e. The monoisotopic (exact) mass is 379 g/mol. The highest BCUT2D eigenvalue weighted by atomic mass is 19.1. The van der Waals surface area contributed by atoms with Gasteiger partial charge in [-0.2, -0.15) is 0 Å². The molecule has 3 N–H and O–H groups in total. The number of hydrogen-bond acceptors (Lipinski definition) is 6. The molecule has 8 heteroatoms. The molecule has 0 aliphatic heterocycles. The molecular weight excluding hydrogens is 353 g/mol. The molecule has 0 amide bonds. The zero-order chi connectivity index (χ0) is 19.4. The molecule has 0 fully saturated rings. The van der Waals surface area contributed by atoms with Crippen LogP contribution < -0.4 is 0 Å². The lowest BCUT2D eigenvalue weighted by Gasteiger charge is -2.28. The van der Waals surface area contributed by atoms with E-state index in [-0.39, 0.29) is 32.3 Å². The van der Waals surface area contributed by atoms with Gasteiger partial charge in [0.2, 0.25) is 0 Å². The molecule has 1 aliphatic carbocycles. The Labute approximate surface area is 157 Å². The number of aromatic nitrogens is 3. The van der Waals surface area contributed by atoms with Crippen LogP contribution in [0.4, 0.5) is 4.39 Å². The molecule has 0 aromatic carbocycles. The van der Waals surface area contributed by atoms with Crippen LogP contribution in [0, 0.1) is 6.92 Å². The van der Waals surface area contributed by atoms with Crippen LogP contribution >= 0.6 is 0 Å². The second kappa shape index (κ2) is 8.77. The molecule has 7 nitrogen and oxygen atoms in total. The molecule has 0 spiro atoms. The normalized spacial score (nSPS) is 20.1. The summed E-state index contributed by atoms with van der Waals surface area (Å²) in [6.45, 7) is 1.25. The lowest BCUT2D eigenvalue weighted by atomic mass is 9.96. The minimum Gasteiger partial charge on any atom is -0.492 e. The number of allylic oxidation sites excluding steroid dienone is 1. The van der Waals surface area contributed by atoms with E-state index in [2.05, 4.69) is 9.97 Å². The minimum absolute atomic E-state index is 0.148. The largest absolute Gasteiger partial charge is 0.492 e. The standard InChI is InChI=1S/C19H26FN3O4/c1-12-17-4-5-23(19(17)22-11-21-12)15(9-25)7-16(10-26)27-18-3-2-14(20)6-13(18)8-24/h4-5,11,14-16,24-26H,2-3,6-10H2,1H3. The molecule has 27 heavy (non-hydrogen) atoms. The van der Waals surface area contributed by atoms with Crippen molar-refractivity contribution < 1.29 is 24.4 Å². The Morgan fingerprint density at radius 2 is 2.11 bits per heavy atom. The van der Waals surface area contributed by atoms with E-state index >= 15 is 0 Å². The summed E-state index contributed by atoms with van der Waals surface area (Å²) in [6, 6.07) is 1.56. The van der Waals surface area contributed by atoms with Crippen LogP contribution in [0.15, 0.2) is 29.9 Å². The van der Waals surface area contributed by atoms with Crippen LogP contribution in [0.3, 0.4) is 0 Å². The zero-order valence-corrected chi connectivity index (χ0v) is 15.4. The molecule has 3 unspecified atom stereocenters. The van der Waals surface area contributed by atoms with Crippen molar-refractivity contribution in [3.05, 3.63) is 35.6 Å². The van der Waals surface area contributed by atoms with Crippen molar-refractivity contribution in [1.29, 1.82) is 0 Å². The maximum absolute atomic E-state index is 13.5. The van der Waals surface area contributed by atoms with Crippen molar-refractivity contribution >= 4 is 11.0 Å². The topological polar surface area (TPSA) is 101 Å². The predicted octanol–water partition coefficient (Wildman–Crippen LogP) is 1.81. The van der Waals surface area contributed by atoms with Crippen LogP contribution in [0.1, 0.15) is 37.4 Å². The molecule has 2 aromatic heterocycles. The van der Waals surface area contributed by atoms with Crippen molar-refractivity contribution in [1.82, 2.24) is 14.5 Å². The average molecular weight is 379 g/mol. The van der Waals surface area contributed by atoms with Crippen LogP contribution in [-0.2, 0) is 4.74 Å². The van der Waals surface area contributed by atoms with Gasteiger partial charge in [-0.1, -0.05) is 0 Å². The van der Waals surface area contributed by atoms with Crippen molar-refractivity contribution in [3.63, 3.8) is 0 Å². The van der Waals surface area contributed by atoms with E-state index in [0.717, 1.165) is 11.1 Å². The number of alkyl halides is 1. The first-order valence-corrected chi connectivity index (χ1v) is 9.19. The van der Waals surface area contributed by atoms with E-state index in [9.17, 15) is 19.7 Å². The second-order valence-electron chi connectivity index (χ2n) is 6.94. The molecular formula is C19H26FN3O4. The molecule has 1 aliphatic rings. The highest BCUT2D eigenvalue weighted by molar-refractivity contribution is 5.78. The zero-order valence-electron chi connectivity index (χ0n) is 15.4. The van der Waals surface area contributed by atoms with Gasteiger partial charge in [0.15, 0.2) is 0 Å². The fraction of sp³-hybridized carbons (Fsp3) is 0.579. The van der Waals surface area contributed by atoms with E-state index in [1.54, 1.807) is 0 Å². The molecule has 3 rings (SSSR count). The van der Waals surface area contributed by atoms with Crippen LogP contribution in [0.5, 0.6) is 0 Å². The third-order valence-electron chi connectivity index (χ3n) is 5.10. The number of aliphatic hydroxyl groups excluding tert-OH is 3. The van der Waals surface area contributed by atoms with Gasteiger partial charge in [0.25, 0.3) is 0 Å². The van der Waals surface area contributed by atoms with E-state index in [4.69, 9.17) is 4.74 Å². The number of aliphatic hydroxyl groups is 3. The number of nitrogens with zero attached hydrogens (tertiary/aromatic N) is 3. The average Bonchev–Trinajstić information content (AvgIpc) is 3.11. The minimum atomic E-state index is -0.966. The fourth-order valence-electron chi connectivity index (χ4n) is 3.58. The summed E-state index contributed by atoms with van der Waals surface area (Å²) < 4.78 is 21.3. The summed E-state index contributed by atoms with van der Waals surface area (Å²) >= 11 is 0. The van der Waals surface area contributed by atoms with Crippen LogP contribution in [-0.4, -0.2) is 62.0 Å². The highest BCUT2D eigenvalue weighted by Crippen LogP contribution is 2.30. The van der Waals surface area contributed by atoms with Crippen LogP contribution in [0.25, 0.3) is 11.0 Å². The third-order valence-corrected chi connectivity index (χ3v) is 5.10. The summed E-state index contributed by atoms with van der Waals surface area (Å²) in [7, 11) is 0. The molecule has 3 atom stereocenters. The van der Waals surface area contributed by atoms with Crippen molar-refractivity contribution in [2.45, 2.75) is 50.9 Å². The second-order valence-corrected chi connectivity index (χ2v) is 6.94. The summed E-state index contributed by atoms with van der Waals surface area (Å²) in [5.74, 6) is 0.553. The van der Waals surface area contributed by atoms with Crippen molar-refractivity contribution in [2.75, 3.05) is 19.8 Å². The highest BCUT2D eigenvalue weighted by Gasteiger charge is 2.26. The number of ether oxygens (including phenoxy) is 1. The first kappa shape index (κ1) is 19.7. The van der Waals surface area contributed by atoms with Gasteiger partial charge in [-0.25, -0.2) is 14.4 Å². The van der Waals surface area contributed by atoms with Gasteiger partial charge >= 0.3 is 0 Å². The van der Waals surface area contributed by atoms with E-state index in [1.807, 2.05) is 23.8 Å². The van der Waals surface area contributed by atoms with Crippen LogP contribution in [0.2, 0.25) is 0 Å². The number of halogens is 1. The van der Waals surface area contributed by atoms with E-state index < -0.39 is 12.3 Å². The van der Waals surface area contributed by atoms with Gasteiger partial charge in [0, 0.05) is 30.8 Å². The van der Waals surface area contributed by atoms with Crippen molar-refractivity contribution in [2.24, 2.45) is 0 Å². The molecule has 0 saturated heterocycles. The van der Waals surface area contributed by atoms with E-state index in [0.29, 0.717) is 36.2 Å². The Bertz CT molecular complexity index is 807. The molecule has 2 aromatic rings. The van der Waals surface area contributed by atoms with Gasteiger partial charge in [-0.05, 0) is 25.0 Å². The first-order valence-electron chi connectivity index (χ1n) is 9.19. The molecule has 0 radical (unpaired) electrons. The maximum Gasteiger partial charge on any atom is 0.143 e. The summed E-state index contributed by atoms with van der Waals surface area (Å²) in [6.07, 6.45) is 3.04.